The molecule has 0 spiro atoms. The van der Waals surface area contributed by atoms with E-state index in [-0.39, 0.29) is 5.69 Å². The molecule has 36 heavy (non-hydrogen) atoms. The molecule has 0 fully saturated rings. The first-order valence-electron chi connectivity index (χ1n) is 12.0. The Kier molecular flexibility index (Phi) is 5.57. The van der Waals surface area contributed by atoms with Crippen LogP contribution in [-0.4, -0.2) is 28.7 Å². The number of pyridine rings is 3. The molecule has 180 valence electrons. The zero-order valence-electron chi connectivity index (χ0n) is 20.1. The van der Waals surface area contributed by atoms with Gasteiger partial charge in [-0.05, 0) is 60.9 Å². The molecule has 0 saturated heterocycles. The summed E-state index contributed by atoms with van der Waals surface area (Å²) in [4.78, 5) is 27.2. The zero-order chi connectivity index (χ0) is 24.8. The lowest BCUT2D eigenvalue weighted by Crippen LogP contribution is -2.24. The summed E-state index contributed by atoms with van der Waals surface area (Å²) in [5.41, 5.74) is 6.01. The van der Waals surface area contributed by atoms with Crippen molar-refractivity contribution in [1.29, 1.82) is 0 Å². The van der Waals surface area contributed by atoms with Gasteiger partial charge in [0.05, 0.1) is 46.0 Å². The summed E-state index contributed by atoms with van der Waals surface area (Å²) < 4.78 is 5.80. The van der Waals surface area contributed by atoms with Crippen LogP contribution in [-0.2, 0) is 13.1 Å². The largest absolute Gasteiger partial charge is 0.342 e. The Morgan fingerprint density at radius 2 is 1.81 bits per heavy atom. The third-order valence-electron chi connectivity index (χ3n) is 6.64. The molecule has 0 amide bonds. The first-order valence-corrected chi connectivity index (χ1v) is 12.4. The van der Waals surface area contributed by atoms with Crippen LogP contribution in [0.25, 0.3) is 38.7 Å². The highest BCUT2D eigenvalue weighted by Gasteiger charge is 2.18. The monoisotopic (exact) mass is 496 g/mol. The van der Waals surface area contributed by atoms with Gasteiger partial charge < -0.3 is 4.57 Å². The van der Waals surface area contributed by atoms with E-state index < -0.39 is 0 Å². The van der Waals surface area contributed by atoms with Gasteiger partial charge in [0.25, 0.3) is 0 Å². The second-order valence-corrected chi connectivity index (χ2v) is 9.84. The second kappa shape index (κ2) is 8.91. The summed E-state index contributed by atoms with van der Waals surface area (Å²) in [5, 5.41) is 1.44. The lowest BCUT2D eigenvalue weighted by molar-refractivity contribution is 0.511. The van der Waals surface area contributed by atoms with Gasteiger partial charge in [0.1, 0.15) is 5.15 Å². The molecule has 0 aliphatic rings. The predicted octanol–water partition coefficient (Wildman–Crippen LogP) is 5.83. The van der Waals surface area contributed by atoms with Crippen molar-refractivity contribution in [1.82, 2.24) is 28.7 Å². The maximum Gasteiger partial charge on any atom is 0.334 e. The van der Waals surface area contributed by atoms with E-state index in [2.05, 4.69) is 33.4 Å². The summed E-state index contributed by atoms with van der Waals surface area (Å²) in [5.74, 6) is 0.548. The van der Waals surface area contributed by atoms with Crippen molar-refractivity contribution in [2.45, 2.75) is 33.4 Å². The number of benzene rings is 1. The van der Waals surface area contributed by atoms with E-state index >= 15 is 0 Å². The van der Waals surface area contributed by atoms with Crippen molar-refractivity contribution in [2.75, 3.05) is 0 Å². The minimum Gasteiger partial charge on any atom is -0.342 e. The highest BCUT2D eigenvalue weighted by molar-refractivity contribution is 6.29. The van der Waals surface area contributed by atoms with E-state index in [1.807, 2.05) is 54.6 Å². The average Bonchev–Trinajstić information content (AvgIpc) is 3.36. The van der Waals surface area contributed by atoms with Crippen LogP contribution in [0, 0.1) is 5.92 Å². The van der Waals surface area contributed by atoms with Gasteiger partial charge in [-0.3, -0.25) is 19.1 Å². The van der Waals surface area contributed by atoms with Gasteiger partial charge in [-0.15, -0.1) is 0 Å². The lowest BCUT2D eigenvalue weighted by atomic mass is 10.1. The molecule has 0 N–H and O–H groups in total. The molecule has 0 unspecified atom stereocenters. The molecule has 0 atom stereocenters. The van der Waals surface area contributed by atoms with Crippen molar-refractivity contribution in [3.63, 3.8) is 0 Å². The lowest BCUT2D eigenvalue weighted by Gasteiger charge is -2.13. The van der Waals surface area contributed by atoms with Crippen LogP contribution in [0.4, 0.5) is 0 Å². The quantitative estimate of drug-likeness (QED) is 0.272. The molecule has 0 radical (unpaired) electrons. The van der Waals surface area contributed by atoms with Gasteiger partial charge in [-0.25, -0.2) is 9.78 Å². The summed E-state index contributed by atoms with van der Waals surface area (Å²) in [7, 11) is 0. The van der Waals surface area contributed by atoms with Gasteiger partial charge >= 0.3 is 5.69 Å². The van der Waals surface area contributed by atoms with Crippen molar-refractivity contribution < 1.29 is 0 Å². The van der Waals surface area contributed by atoms with Crippen molar-refractivity contribution in [2.24, 2.45) is 5.92 Å². The summed E-state index contributed by atoms with van der Waals surface area (Å²) in [6.45, 7) is 5.66. The first-order chi connectivity index (χ1) is 17.5. The highest BCUT2D eigenvalue weighted by atomic mass is 35.5. The van der Waals surface area contributed by atoms with E-state index in [0.717, 1.165) is 57.3 Å². The molecular weight excluding hydrogens is 472 g/mol. The van der Waals surface area contributed by atoms with Crippen LogP contribution in [0.5, 0.6) is 0 Å². The van der Waals surface area contributed by atoms with Crippen LogP contribution in [0.15, 0.2) is 78.0 Å². The van der Waals surface area contributed by atoms with Crippen molar-refractivity contribution in [3.05, 3.63) is 94.5 Å². The molecule has 5 aromatic heterocycles. The number of fused-ring (bicyclic) bond motifs is 3. The molecule has 1 aromatic carbocycles. The fourth-order valence-electron chi connectivity index (χ4n) is 4.82. The van der Waals surface area contributed by atoms with Crippen LogP contribution in [0.2, 0.25) is 5.15 Å². The van der Waals surface area contributed by atoms with Gasteiger partial charge in [-0.2, -0.15) is 0 Å². The Hall–Kier alpha value is -3.97. The summed E-state index contributed by atoms with van der Waals surface area (Å²) in [6, 6.07) is 17.5. The molecule has 0 saturated carbocycles. The van der Waals surface area contributed by atoms with E-state index in [1.165, 1.54) is 0 Å². The fourth-order valence-corrected chi connectivity index (χ4v) is 4.97. The summed E-state index contributed by atoms with van der Waals surface area (Å²) >= 11 is 6.19. The molecule has 7 nitrogen and oxygen atoms in total. The molecular formula is C28H25ClN6O. The number of aromatic nitrogens is 6. The van der Waals surface area contributed by atoms with Gasteiger partial charge in [0.15, 0.2) is 0 Å². The van der Waals surface area contributed by atoms with E-state index in [1.54, 1.807) is 27.7 Å². The normalized spacial score (nSPS) is 11.9. The van der Waals surface area contributed by atoms with Crippen LogP contribution < -0.4 is 5.69 Å². The average molecular weight is 497 g/mol. The Bertz CT molecular complexity index is 1800. The topological polar surface area (TPSA) is 70.5 Å². The van der Waals surface area contributed by atoms with E-state index in [0.29, 0.717) is 17.6 Å². The molecule has 0 aliphatic heterocycles. The zero-order valence-corrected chi connectivity index (χ0v) is 20.9. The van der Waals surface area contributed by atoms with Crippen LogP contribution >= 0.6 is 11.6 Å². The SMILES string of the molecule is CC(C)CCn1c(Cn2c(=O)n(-c3ccc4ncccc4c3)c3ccncc32)cc2nc(Cl)ccc21. The van der Waals surface area contributed by atoms with E-state index in [9.17, 15) is 4.79 Å². The van der Waals surface area contributed by atoms with Gasteiger partial charge in [0, 0.05) is 30.0 Å². The summed E-state index contributed by atoms with van der Waals surface area (Å²) in [6.07, 6.45) is 6.26. The number of imidazole rings is 1. The van der Waals surface area contributed by atoms with Crippen molar-refractivity contribution in [3.8, 4) is 5.69 Å². The Balaban J connectivity index is 1.52. The number of halogens is 1. The van der Waals surface area contributed by atoms with Crippen molar-refractivity contribution >= 4 is 44.6 Å². The van der Waals surface area contributed by atoms with Gasteiger partial charge in [0.2, 0.25) is 0 Å². The highest BCUT2D eigenvalue weighted by Crippen LogP contribution is 2.25. The third-order valence-corrected chi connectivity index (χ3v) is 6.85. The first kappa shape index (κ1) is 22.5. The minimum absolute atomic E-state index is 0.118. The van der Waals surface area contributed by atoms with Gasteiger partial charge in [-0.1, -0.05) is 31.5 Å². The molecule has 6 rings (SSSR count). The number of hydrogen-bond donors (Lipinski definition) is 0. The third kappa shape index (κ3) is 3.85. The molecule has 0 bridgehead atoms. The maximum atomic E-state index is 13.9. The minimum atomic E-state index is -0.118. The smallest absolute Gasteiger partial charge is 0.334 e. The maximum absolute atomic E-state index is 13.9. The molecule has 8 heteroatoms. The van der Waals surface area contributed by atoms with E-state index in [4.69, 9.17) is 11.6 Å². The second-order valence-electron chi connectivity index (χ2n) is 9.46. The van der Waals surface area contributed by atoms with Crippen LogP contribution in [0.3, 0.4) is 0 Å². The Morgan fingerprint density at radius 3 is 2.67 bits per heavy atom. The number of aryl methyl sites for hydroxylation is 1. The number of nitrogens with zero attached hydrogens (tertiary/aromatic N) is 6. The Labute approximate surface area is 212 Å². The molecule has 5 heterocycles. The number of hydrogen-bond acceptors (Lipinski definition) is 4. The Morgan fingerprint density at radius 1 is 0.917 bits per heavy atom. The predicted molar refractivity (Wildman–Crippen MR) is 144 cm³/mol. The van der Waals surface area contributed by atoms with Crippen LogP contribution in [0.1, 0.15) is 26.0 Å². The number of rotatable bonds is 6. The standard InChI is InChI=1S/C28H25ClN6O/c1-18(2)10-13-33-21(15-23-24(33)7-8-27(29)32-23)17-34-26-16-30-12-9-25(26)35(28(34)36)20-5-6-22-19(14-20)4-3-11-31-22/h3-9,11-12,14-16,18H,10,13,17H2,1-2H3. The molecule has 6 aromatic rings. The fraction of sp³-hybridized carbons (Fsp3) is 0.214. The molecule has 0 aliphatic carbocycles.